The van der Waals surface area contributed by atoms with Gasteiger partial charge in [0.2, 0.25) is 0 Å². The Morgan fingerprint density at radius 1 is 1.29 bits per heavy atom. The van der Waals surface area contributed by atoms with E-state index in [-0.39, 0.29) is 11.3 Å². The van der Waals surface area contributed by atoms with Crippen molar-refractivity contribution < 1.29 is 9.50 Å². The molecule has 2 saturated carbocycles. The van der Waals surface area contributed by atoms with Gasteiger partial charge in [0.1, 0.15) is 0 Å². The summed E-state index contributed by atoms with van der Waals surface area (Å²) in [5.41, 5.74) is 1.90. The van der Waals surface area contributed by atoms with Gasteiger partial charge in [-0.05, 0) is 57.6 Å². The van der Waals surface area contributed by atoms with E-state index in [1.165, 1.54) is 37.0 Å². The average molecular weight is 287 g/mol. The molecule has 0 aromatic heterocycles. The van der Waals surface area contributed by atoms with Gasteiger partial charge in [-0.1, -0.05) is 18.1 Å². The molecule has 0 bridgehead atoms. The molecule has 0 unspecified atom stereocenters. The van der Waals surface area contributed by atoms with Crippen LogP contribution >= 0.6 is 0 Å². The van der Waals surface area contributed by atoms with Crippen LogP contribution in [0, 0.1) is 17.7 Å². The van der Waals surface area contributed by atoms with Gasteiger partial charge < -0.3 is 10.4 Å². The normalized spacial score (nSPS) is 18.1. The van der Waals surface area contributed by atoms with Gasteiger partial charge in [-0.15, -0.1) is 5.92 Å². The van der Waals surface area contributed by atoms with E-state index in [4.69, 9.17) is 5.11 Å². The maximum atomic E-state index is 13.1. The number of anilines is 1. The van der Waals surface area contributed by atoms with Crippen molar-refractivity contribution in [1.29, 1.82) is 0 Å². The molecular weight excluding hydrogens is 265 g/mol. The predicted molar refractivity (Wildman–Crippen MR) is 84.7 cm³/mol. The van der Waals surface area contributed by atoms with Crippen molar-refractivity contribution in [2.45, 2.75) is 51.0 Å². The first-order valence-electron chi connectivity index (χ1n) is 7.42. The van der Waals surface area contributed by atoms with E-state index in [2.05, 4.69) is 23.7 Å². The number of hydrogen-bond acceptors (Lipinski definition) is 2. The largest absolute Gasteiger partial charge is 0.505 e. The van der Waals surface area contributed by atoms with Crippen LogP contribution in [0.15, 0.2) is 30.4 Å². The first kappa shape index (κ1) is 15.4. The molecule has 2 nitrogen and oxygen atoms in total. The molecule has 0 radical (unpaired) electrons. The van der Waals surface area contributed by atoms with Crippen molar-refractivity contribution in [1.82, 2.24) is 0 Å². The van der Waals surface area contributed by atoms with Gasteiger partial charge in [0.05, 0.1) is 5.54 Å². The number of nitrogens with one attached hydrogen (secondary N) is 1. The number of hydrogen-bond donors (Lipinski definition) is 2. The van der Waals surface area contributed by atoms with Crippen molar-refractivity contribution in [3.05, 3.63) is 36.2 Å². The van der Waals surface area contributed by atoms with Crippen LogP contribution in [0.25, 0.3) is 0 Å². The summed E-state index contributed by atoms with van der Waals surface area (Å²) in [7, 11) is 0. The first-order valence-corrected chi connectivity index (χ1v) is 7.42. The molecule has 0 heterocycles. The van der Waals surface area contributed by atoms with Gasteiger partial charge in [0.15, 0.2) is 11.6 Å². The van der Waals surface area contributed by atoms with E-state index in [0.29, 0.717) is 5.69 Å². The molecule has 1 aromatic carbocycles. The number of aromatic hydroxyl groups is 1. The highest BCUT2D eigenvalue weighted by Crippen LogP contribution is 2.35. The van der Waals surface area contributed by atoms with Crippen LogP contribution in [0.4, 0.5) is 10.1 Å². The number of halogens is 1. The lowest BCUT2D eigenvalue weighted by molar-refractivity contribution is 0.360. The fraction of sp³-hybridized carbons (Fsp3) is 0.444. The molecule has 2 aliphatic rings. The summed E-state index contributed by atoms with van der Waals surface area (Å²) >= 11 is 0. The summed E-state index contributed by atoms with van der Waals surface area (Å²) in [5, 5.41) is 12.3. The number of benzene rings is 1. The maximum Gasteiger partial charge on any atom is 0.166 e. The zero-order valence-corrected chi connectivity index (χ0v) is 12.5. The molecule has 2 N–H and O–H groups in total. The minimum Gasteiger partial charge on any atom is -0.505 e. The fourth-order valence-electron chi connectivity index (χ4n) is 2.34. The number of phenolic OH excluding ortho intramolecular Hbond substituents is 1. The van der Waals surface area contributed by atoms with Crippen molar-refractivity contribution >= 4 is 5.69 Å². The Balaban J connectivity index is 0.000000272. The van der Waals surface area contributed by atoms with Crippen LogP contribution in [0.3, 0.4) is 0 Å². The van der Waals surface area contributed by atoms with Crippen molar-refractivity contribution in [3.8, 4) is 17.6 Å². The summed E-state index contributed by atoms with van der Waals surface area (Å²) in [5.74, 6) is 5.10. The summed E-state index contributed by atoms with van der Waals surface area (Å²) < 4.78 is 13.1. The minimum atomic E-state index is -0.607. The highest BCUT2D eigenvalue weighted by atomic mass is 19.1. The van der Waals surface area contributed by atoms with Gasteiger partial charge >= 0.3 is 0 Å². The van der Waals surface area contributed by atoms with Crippen LogP contribution in [0.1, 0.15) is 45.4 Å². The molecule has 21 heavy (non-hydrogen) atoms. The summed E-state index contributed by atoms with van der Waals surface area (Å²) in [6, 6.07) is 4.31. The van der Waals surface area contributed by atoms with Crippen LogP contribution < -0.4 is 5.32 Å². The molecule has 112 valence electrons. The second-order valence-electron chi connectivity index (χ2n) is 5.71. The molecular formula is C18H22FNO. The Morgan fingerprint density at radius 3 is 2.33 bits per heavy atom. The lowest BCUT2D eigenvalue weighted by atomic mass is 9.77. The Kier molecular flexibility index (Phi) is 4.90. The van der Waals surface area contributed by atoms with Crippen molar-refractivity contribution in [2.75, 3.05) is 5.32 Å². The second kappa shape index (κ2) is 6.67. The van der Waals surface area contributed by atoms with Gasteiger partial charge in [-0.2, -0.15) is 0 Å². The van der Waals surface area contributed by atoms with Gasteiger partial charge in [-0.25, -0.2) is 4.39 Å². The number of phenols is 1. The molecule has 0 amide bonds. The lowest BCUT2D eigenvalue weighted by Crippen LogP contribution is -2.43. The smallest absolute Gasteiger partial charge is 0.166 e. The SMILES string of the molecule is C=C1CCC1.CC#CC1(Nc2ccc(O)c(F)c2)CCC1. The molecule has 0 spiro atoms. The third-order valence-electron chi connectivity index (χ3n) is 3.96. The molecule has 1 aromatic rings. The summed E-state index contributed by atoms with van der Waals surface area (Å²) in [6.07, 6.45) is 7.08. The van der Waals surface area contributed by atoms with E-state index >= 15 is 0 Å². The number of rotatable bonds is 2. The third-order valence-corrected chi connectivity index (χ3v) is 3.96. The summed E-state index contributed by atoms with van der Waals surface area (Å²) in [4.78, 5) is 0. The van der Waals surface area contributed by atoms with Gasteiger partial charge in [-0.3, -0.25) is 0 Å². The topological polar surface area (TPSA) is 32.3 Å². The zero-order chi connectivity index (χ0) is 15.3. The molecule has 0 saturated heterocycles. The maximum absolute atomic E-state index is 13.1. The predicted octanol–water partition coefficient (Wildman–Crippen LogP) is 4.62. The highest BCUT2D eigenvalue weighted by Gasteiger charge is 2.35. The quantitative estimate of drug-likeness (QED) is 0.473. The zero-order valence-electron chi connectivity index (χ0n) is 12.5. The second-order valence-corrected chi connectivity index (χ2v) is 5.71. The van der Waals surface area contributed by atoms with E-state index in [0.717, 1.165) is 19.3 Å². The van der Waals surface area contributed by atoms with E-state index in [1.807, 2.05) is 0 Å². The van der Waals surface area contributed by atoms with Crippen molar-refractivity contribution in [2.24, 2.45) is 0 Å². The van der Waals surface area contributed by atoms with Gasteiger partial charge in [0, 0.05) is 11.8 Å². The van der Waals surface area contributed by atoms with Gasteiger partial charge in [0.25, 0.3) is 0 Å². The molecule has 0 atom stereocenters. The van der Waals surface area contributed by atoms with Crippen molar-refractivity contribution in [3.63, 3.8) is 0 Å². The van der Waals surface area contributed by atoms with E-state index in [9.17, 15) is 4.39 Å². The van der Waals surface area contributed by atoms with Crippen LogP contribution in [0.5, 0.6) is 5.75 Å². The average Bonchev–Trinajstić information content (AvgIpc) is 2.39. The first-order chi connectivity index (χ1) is 10.0. The van der Waals surface area contributed by atoms with Crippen LogP contribution in [-0.4, -0.2) is 10.6 Å². The van der Waals surface area contributed by atoms with Crippen LogP contribution in [-0.2, 0) is 0 Å². The Morgan fingerprint density at radius 2 is 1.95 bits per heavy atom. The van der Waals surface area contributed by atoms with Crippen LogP contribution in [0.2, 0.25) is 0 Å². The Hall–Kier alpha value is -1.95. The minimum absolute atomic E-state index is 0.196. The van der Waals surface area contributed by atoms with E-state index in [1.54, 1.807) is 13.0 Å². The fourth-order valence-corrected chi connectivity index (χ4v) is 2.34. The molecule has 3 heteroatoms. The monoisotopic (exact) mass is 287 g/mol. The lowest BCUT2D eigenvalue weighted by Gasteiger charge is -2.38. The number of allylic oxidation sites excluding steroid dienone is 1. The third kappa shape index (κ3) is 4.01. The Bertz CT molecular complexity index is 573. The van der Waals surface area contributed by atoms with E-state index < -0.39 is 5.82 Å². The highest BCUT2D eigenvalue weighted by molar-refractivity contribution is 5.52. The summed E-state index contributed by atoms with van der Waals surface area (Å²) in [6.45, 7) is 5.57. The molecule has 0 aliphatic heterocycles. The molecule has 2 aliphatic carbocycles. The molecule has 3 rings (SSSR count). The molecule has 2 fully saturated rings. The Labute approximate surface area is 126 Å². The standard InChI is InChI=1S/C13H14FNO.C5H8/c1-2-6-13(7-3-8-13)15-10-4-5-12(16)11(14)9-10;1-5-3-2-4-5/h4-5,9,15-16H,3,7-8H2,1H3;1-4H2.